The van der Waals surface area contributed by atoms with Crippen molar-refractivity contribution in [2.75, 3.05) is 6.54 Å². The summed E-state index contributed by atoms with van der Waals surface area (Å²) in [7, 11) is 0. The van der Waals surface area contributed by atoms with E-state index in [-0.39, 0.29) is 18.5 Å². The number of imide groups is 1. The number of rotatable bonds is 8. The molecule has 2 rings (SSSR count). The first-order valence-electron chi connectivity index (χ1n) is 8.05. The highest BCUT2D eigenvalue weighted by molar-refractivity contribution is 5.94. The Bertz CT molecular complexity index is 586. The average molecular weight is 334 g/mol. The van der Waals surface area contributed by atoms with Gasteiger partial charge in [-0.1, -0.05) is 6.92 Å². The molecule has 24 heavy (non-hydrogen) atoms. The van der Waals surface area contributed by atoms with Crippen LogP contribution in [-0.4, -0.2) is 24.5 Å². The summed E-state index contributed by atoms with van der Waals surface area (Å²) in [6.45, 7) is 5.03. The van der Waals surface area contributed by atoms with Crippen LogP contribution in [0.15, 0.2) is 45.6 Å². The Balaban J connectivity index is 1.91. The summed E-state index contributed by atoms with van der Waals surface area (Å²) in [5.41, 5.74) is 0. The van der Waals surface area contributed by atoms with Crippen LogP contribution in [0.5, 0.6) is 0 Å². The van der Waals surface area contributed by atoms with E-state index in [1.54, 1.807) is 24.7 Å². The highest BCUT2D eigenvalue weighted by atomic mass is 16.3. The van der Waals surface area contributed by atoms with E-state index in [0.717, 1.165) is 22.8 Å². The van der Waals surface area contributed by atoms with Crippen LogP contribution in [0, 0.1) is 0 Å². The molecule has 0 saturated heterocycles. The molecule has 7 heteroatoms. The number of urea groups is 1. The third-order valence-electron chi connectivity index (χ3n) is 3.66. The van der Waals surface area contributed by atoms with E-state index in [0.29, 0.717) is 13.1 Å². The predicted molar refractivity (Wildman–Crippen MR) is 87.1 cm³/mol. The van der Waals surface area contributed by atoms with Gasteiger partial charge in [-0.2, -0.15) is 0 Å². The standard InChI is InChI=1S/C17H23N3O4/c1-3-13(2)18-17(22)19-16(21)12-20(10-14-6-4-8-23-14)11-15-7-5-9-24-15/h4-9,13H,3,10-12H2,1-2H3,(H2,18,19,21,22)/p+1/t13-/m1/s1. The van der Waals surface area contributed by atoms with Crippen molar-refractivity contribution in [3.63, 3.8) is 0 Å². The van der Waals surface area contributed by atoms with Gasteiger partial charge in [-0.05, 0) is 37.6 Å². The van der Waals surface area contributed by atoms with Crippen molar-refractivity contribution in [3.05, 3.63) is 48.3 Å². The maximum absolute atomic E-state index is 12.1. The molecule has 0 saturated carbocycles. The van der Waals surface area contributed by atoms with Crippen molar-refractivity contribution in [2.24, 2.45) is 0 Å². The van der Waals surface area contributed by atoms with Gasteiger partial charge in [-0.25, -0.2) is 4.79 Å². The molecule has 1 atom stereocenters. The van der Waals surface area contributed by atoms with Gasteiger partial charge >= 0.3 is 6.03 Å². The first-order valence-corrected chi connectivity index (χ1v) is 8.05. The smallest absolute Gasteiger partial charge is 0.321 e. The van der Waals surface area contributed by atoms with E-state index in [2.05, 4.69) is 10.6 Å². The lowest BCUT2D eigenvalue weighted by atomic mass is 10.3. The Labute approximate surface area is 141 Å². The van der Waals surface area contributed by atoms with Gasteiger partial charge in [-0.15, -0.1) is 0 Å². The van der Waals surface area contributed by atoms with Crippen molar-refractivity contribution in [1.82, 2.24) is 10.6 Å². The van der Waals surface area contributed by atoms with E-state index >= 15 is 0 Å². The molecule has 0 bridgehead atoms. The molecule has 0 radical (unpaired) electrons. The maximum Gasteiger partial charge on any atom is 0.321 e. The highest BCUT2D eigenvalue weighted by Gasteiger charge is 2.20. The van der Waals surface area contributed by atoms with Crippen molar-refractivity contribution in [3.8, 4) is 0 Å². The third-order valence-corrected chi connectivity index (χ3v) is 3.66. The molecule has 0 spiro atoms. The molecule has 3 amide bonds. The fourth-order valence-electron chi connectivity index (χ4n) is 2.27. The van der Waals surface area contributed by atoms with Crippen molar-refractivity contribution in [2.45, 2.75) is 39.4 Å². The Morgan fingerprint density at radius 1 is 1.12 bits per heavy atom. The summed E-state index contributed by atoms with van der Waals surface area (Å²) < 4.78 is 10.7. The Hall–Kier alpha value is -2.54. The third kappa shape index (κ3) is 5.92. The van der Waals surface area contributed by atoms with E-state index < -0.39 is 6.03 Å². The summed E-state index contributed by atoms with van der Waals surface area (Å²) in [5, 5.41) is 5.07. The minimum atomic E-state index is -0.468. The lowest BCUT2D eigenvalue weighted by Gasteiger charge is -2.17. The van der Waals surface area contributed by atoms with E-state index in [1.165, 1.54) is 0 Å². The quantitative estimate of drug-likeness (QED) is 0.674. The number of carbonyl (C=O) groups is 2. The predicted octanol–water partition coefficient (Wildman–Crippen LogP) is 1.08. The lowest BCUT2D eigenvalue weighted by molar-refractivity contribution is -0.921. The lowest BCUT2D eigenvalue weighted by Crippen LogP contribution is -3.10. The second-order valence-corrected chi connectivity index (χ2v) is 5.77. The second-order valence-electron chi connectivity index (χ2n) is 5.77. The van der Waals surface area contributed by atoms with Crippen LogP contribution in [0.1, 0.15) is 31.8 Å². The molecule has 0 aromatic carbocycles. The van der Waals surface area contributed by atoms with Crippen molar-refractivity contribution in [1.29, 1.82) is 0 Å². The van der Waals surface area contributed by atoms with Crippen LogP contribution in [0.4, 0.5) is 4.79 Å². The van der Waals surface area contributed by atoms with Gasteiger partial charge in [0, 0.05) is 6.04 Å². The van der Waals surface area contributed by atoms with Crippen molar-refractivity contribution >= 4 is 11.9 Å². The van der Waals surface area contributed by atoms with Gasteiger partial charge in [0.05, 0.1) is 12.5 Å². The zero-order valence-corrected chi connectivity index (χ0v) is 14.0. The zero-order chi connectivity index (χ0) is 17.4. The minimum Gasteiger partial charge on any atom is -0.463 e. The number of amides is 3. The second kappa shape index (κ2) is 8.93. The fraction of sp³-hybridized carbons (Fsp3) is 0.412. The van der Waals surface area contributed by atoms with E-state index in [1.807, 2.05) is 26.0 Å². The van der Waals surface area contributed by atoms with Gasteiger partial charge in [0.25, 0.3) is 5.91 Å². The molecule has 130 valence electrons. The van der Waals surface area contributed by atoms with Crippen LogP contribution in [0.3, 0.4) is 0 Å². The summed E-state index contributed by atoms with van der Waals surface area (Å²) >= 11 is 0. The number of hydrogen-bond donors (Lipinski definition) is 3. The number of carbonyl (C=O) groups excluding carboxylic acids is 2. The van der Waals surface area contributed by atoms with Gasteiger partial charge in [0.15, 0.2) is 18.1 Å². The highest BCUT2D eigenvalue weighted by Crippen LogP contribution is 2.00. The SMILES string of the molecule is CC[C@@H](C)NC(=O)NC(=O)C[NH+](Cc1ccco1)Cc1ccco1. The molecule has 0 unspecified atom stereocenters. The summed E-state index contributed by atoms with van der Waals surface area (Å²) in [6, 6.07) is 6.88. The Morgan fingerprint density at radius 2 is 1.71 bits per heavy atom. The van der Waals surface area contributed by atoms with Crippen LogP contribution < -0.4 is 15.5 Å². The monoisotopic (exact) mass is 334 g/mol. The number of furan rings is 2. The van der Waals surface area contributed by atoms with Gasteiger partial charge in [0.1, 0.15) is 13.1 Å². The number of quaternary nitrogens is 1. The Kier molecular flexibility index (Phi) is 6.62. The molecule has 0 aliphatic rings. The van der Waals surface area contributed by atoms with E-state index in [9.17, 15) is 9.59 Å². The van der Waals surface area contributed by atoms with Crippen LogP contribution >= 0.6 is 0 Å². The molecule has 0 aliphatic heterocycles. The van der Waals surface area contributed by atoms with Gasteiger partial charge in [-0.3, -0.25) is 10.1 Å². The average Bonchev–Trinajstić information content (AvgIpc) is 3.20. The largest absolute Gasteiger partial charge is 0.463 e. The normalized spacial score (nSPS) is 12.1. The Morgan fingerprint density at radius 3 is 2.17 bits per heavy atom. The van der Waals surface area contributed by atoms with Gasteiger partial charge < -0.3 is 19.1 Å². The van der Waals surface area contributed by atoms with E-state index in [4.69, 9.17) is 8.83 Å². The maximum atomic E-state index is 12.1. The van der Waals surface area contributed by atoms with Gasteiger partial charge in [0.2, 0.25) is 0 Å². The molecular formula is C17H24N3O4+. The van der Waals surface area contributed by atoms with Crippen LogP contribution in [0.2, 0.25) is 0 Å². The zero-order valence-electron chi connectivity index (χ0n) is 14.0. The molecule has 7 nitrogen and oxygen atoms in total. The van der Waals surface area contributed by atoms with Crippen LogP contribution in [0.25, 0.3) is 0 Å². The summed E-state index contributed by atoms with van der Waals surface area (Å²) in [6.07, 6.45) is 4.00. The first kappa shape index (κ1) is 17.8. The first-order chi connectivity index (χ1) is 11.6. The molecule has 3 N–H and O–H groups in total. The molecule has 2 aromatic rings. The summed E-state index contributed by atoms with van der Waals surface area (Å²) in [5.74, 6) is 1.20. The molecule has 0 aliphatic carbocycles. The molecule has 2 heterocycles. The fourth-order valence-corrected chi connectivity index (χ4v) is 2.27. The molecular weight excluding hydrogens is 310 g/mol. The number of hydrogen-bond acceptors (Lipinski definition) is 4. The van der Waals surface area contributed by atoms with Crippen molar-refractivity contribution < 1.29 is 23.3 Å². The topological polar surface area (TPSA) is 88.9 Å². The summed E-state index contributed by atoms with van der Waals surface area (Å²) in [4.78, 5) is 24.8. The molecule has 0 fully saturated rings. The van der Waals surface area contributed by atoms with Crippen LogP contribution in [-0.2, 0) is 17.9 Å². The minimum absolute atomic E-state index is 0.0208. The number of nitrogens with one attached hydrogen (secondary N) is 3. The molecule has 2 aromatic heterocycles.